The fourth-order valence-corrected chi connectivity index (χ4v) is 2.58. The number of nitrogens with zero attached hydrogens (tertiary/aromatic N) is 1. The normalized spacial score (nSPS) is 12.4. The fraction of sp³-hybridized carbons (Fsp3) is 0.143. The minimum atomic E-state index is -0.527. The molecule has 4 nitrogen and oxygen atoms in total. The van der Waals surface area contributed by atoms with Crippen LogP contribution in [0.1, 0.15) is 22.4 Å². The van der Waals surface area contributed by atoms with Crippen LogP contribution < -0.4 is 5.73 Å². The zero-order valence-corrected chi connectivity index (χ0v) is 13.9. The van der Waals surface area contributed by atoms with Crippen molar-refractivity contribution in [1.29, 1.82) is 0 Å². The lowest BCUT2D eigenvalue weighted by Gasteiger charge is -2.09. The number of nitrogens with two attached hydrogens (primary N) is 1. The van der Waals surface area contributed by atoms with Gasteiger partial charge >= 0.3 is 0 Å². The number of Topliss-reactive ketones (excluding diaryl/α,β-unsaturated/α-hetero) is 1. The van der Waals surface area contributed by atoms with Crippen molar-refractivity contribution >= 4 is 17.9 Å². The molecule has 1 atom stereocenters. The van der Waals surface area contributed by atoms with Gasteiger partial charge in [0.15, 0.2) is 5.78 Å². The van der Waals surface area contributed by atoms with E-state index >= 15 is 0 Å². The van der Waals surface area contributed by atoms with Gasteiger partial charge in [-0.05, 0) is 16.7 Å². The lowest BCUT2D eigenvalue weighted by molar-refractivity contribution is -0.119. The van der Waals surface area contributed by atoms with Crippen LogP contribution in [0.25, 0.3) is 12.2 Å². The first-order valence-corrected chi connectivity index (χ1v) is 8.29. The van der Waals surface area contributed by atoms with Gasteiger partial charge in [0.1, 0.15) is 0 Å². The largest absolute Gasteiger partial charge is 0.351 e. The topological polar surface area (TPSA) is 71.8 Å². The van der Waals surface area contributed by atoms with Crippen LogP contribution in [0.2, 0.25) is 0 Å². The average molecular weight is 331 g/mol. The third-order valence-electron chi connectivity index (χ3n) is 4.02. The lowest BCUT2D eigenvalue weighted by atomic mass is 10.00. The zero-order valence-electron chi connectivity index (χ0n) is 13.9. The third kappa shape index (κ3) is 4.99. The molecule has 3 rings (SSSR count). The minimum absolute atomic E-state index is 0.0237. The molecule has 1 aromatic heterocycles. The Morgan fingerprint density at radius 1 is 1.04 bits per heavy atom. The first kappa shape index (κ1) is 16.9. The average Bonchev–Trinajstić information content (AvgIpc) is 3.15. The molecule has 126 valence electrons. The Morgan fingerprint density at radius 2 is 1.72 bits per heavy atom. The summed E-state index contributed by atoms with van der Waals surface area (Å²) in [5.41, 5.74) is 10.0. The highest BCUT2D eigenvalue weighted by Gasteiger charge is 2.15. The standard InChI is InChI=1S/C21H21N3O/c22-20(13-19-14-23-15-24-19)21(25)12-18-10-8-17(9-11-18)7-6-16-4-2-1-3-5-16/h1-11,14-15,20H,12-13,22H2,(H,23,24)/t20-/m0/s1. The van der Waals surface area contributed by atoms with Crippen LogP contribution in [-0.2, 0) is 17.6 Å². The van der Waals surface area contributed by atoms with E-state index in [4.69, 9.17) is 5.73 Å². The molecule has 0 saturated heterocycles. The first-order valence-electron chi connectivity index (χ1n) is 8.29. The second kappa shape index (κ2) is 8.22. The van der Waals surface area contributed by atoms with Gasteiger partial charge in [-0.25, -0.2) is 4.98 Å². The first-order chi connectivity index (χ1) is 12.2. The number of carbonyl (C=O) groups excluding carboxylic acids is 1. The number of aromatic nitrogens is 2. The molecule has 0 spiro atoms. The Morgan fingerprint density at radius 3 is 2.36 bits per heavy atom. The Kier molecular flexibility index (Phi) is 5.54. The van der Waals surface area contributed by atoms with Crippen LogP contribution >= 0.6 is 0 Å². The number of imidazole rings is 1. The highest BCUT2D eigenvalue weighted by atomic mass is 16.1. The van der Waals surface area contributed by atoms with Crippen molar-refractivity contribution in [2.75, 3.05) is 0 Å². The van der Waals surface area contributed by atoms with Gasteiger partial charge in [-0.3, -0.25) is 4.79 Å². The maximum absolute atomic E-state index is 12.3. The summed E-state index contributed by atoms with van der Waals surface area (Å²) in [6.07, 6.45) is 8.29. The minimum Gasteiger partial charge on any atom is -0.351 e. The summed E-state index contributed by atoms with van der Waals surface area (Å²) >= 11 is 0. The Bertz CT molecular complexity index is 821. The number of H-pyrrole nitrogens is 1. The molecule has 3 aromatic rings. The molecule has 3 N–H and O–H groups in total. The molecule has 0 aliphatic rings. The molecule has 4 heteroatoms. The fourth-order valence-electron chi connectivity index (χ4n) is 2.58. The smallest absolute Gasteiger partial charge is 0.154 e. The number of nitrogens with one attached hydrogen (secondary N) is 1. The summed E-state index contributed by atoms with van der Waals surface area (Å²) in [5.74, 6) is 0.0237. The molecular formula is C21H21N3O. The van der Waals surface area contributed by atoms with Gasteiger partial charge in [-0.1, -0.05) is 66.7 Å². The van der Waals surface area contributed by atoms with E-state index in [-0.39, 0.29) is 5.78 Å². The van der Waals surface area contributed by atoms with Gasteiger partial charge < -0.3 is 10.7 Å². The molecule has 0 fully saturated rings. The van der Waals surface area contributed by atoms with E-state index in [1.165, 1.54) is 0 Å². The van der Waals surface area contributed by atoms with Gasteiger partial charge in [0.05, 0.1) is 18.1 Å². The number of aromatic amines is 1. The van der Waals surface area contributed by atoms with Crippen molar-refractivity contribution in [3.05, 3.63) is 89.5 Å². The van der Waals surface area contributed by atoms with E-state index < -0.39 is 6.04 Å². The van der Waals surface area contributed by atoms with Gasteiger partial charge in [-0.15, -0.1) is 0 Å². The molecule has 0 amide bonds. The molecule has 0 radical (unpaired) electrons. The molecular weight excluding hydrogens is 310 g/mol. The molecule has 2 aromatic carbocycles. The number of ketones is 1. The van der Waals surface area contributed by atoms with Crippen LogP contribution in [0.5, 0.6) is 0 Å². The molecule has 0 bridgehead atoms. The number of rotatable bonds is 7. The summed E-state index contributed by atoms with van der Waals surface area (Å²) < 4.78 is 0. The molecule has 0 aliphatic carbocycles. The van der Waals surface area contributed by atoms with Crippen molar-refractivity contribution in [2.24, 2.45) is 5.73 Å². The number of carbonyl (C=O) groups is 1. The van der Waals surface area contributed by atoms with Crippen LogP contribution in [0.3, 0.4) is 0 Å². The predicted molar refractivity (Wildman–Crippen MR) is 101 cm³/mol. The maximum Gasteiger partial charge on any atom is 0.154 e. The second-order valence-corrected chi connectivity index (χ2v) is 6.00. The van der Waals surface area contributed by atoms with Gasteiger partial charge in [-0.2, -0.15) is 0 Å². The molecule has 25 heavy (non-hydrogen) atoms. The Labute approximate surface area is 147 Å². The monoisotopic (exact) mass is 331 g/mol. The third-order valence-corrected chi connectivity index (χ3v) is 4.02. The summed E-state index contributed by atoms with van der Waals surface area (Å²) in [5, 5.41) is 0. The van der Waals surface area contributed by atoms with Crippen LogP contribution in [0.4, 0.5) is 0 Å². The second-order valence-electron chi connectivity index (χ2n) is 6.00. The van der Waals surface area contributed by atoms with E-state index in [9.17, 15) is 4.79 Å². The Hall–Kier alpha value is -2.98. The SMILES string of the molecule is N[C@@H](Cc1c[nH]cn1)C(=O)Cc1ccc(C=Cc2ccccc2)cc1. The molecule has 1 heterocycles. The van der Waals surface area contributed by atoms with E-state index in [1.54, 1.807) is 12.5 Å². The van der Waals surface area contributed by atoms with Crippen molar-refractivity contribution in [2.45, 2.75) is 18.9 Å². The molecule has 0 aliphatic heterocycles. The van der Waals surface area contributed by atoms with E-state index in [0.717, 1.165) is 22.4 Å². The van der Waals surface area contributed by atoms with Gasteiger partial charge in [0, 0.05) is 19.0 Å². The van der Waals surface area contributed by atoms with Gasteiger partial charge in [0.2, 0.25) is 0 Å². The zero-order chi connectivity index (χ0) is 17.5. The highest BCUT2D eigenvalue weighted by molar-refractivity contribution is 5.86. The van der Waals surface area contributed by atoms with Crippen LogP contribution in [0.15, 0.2) is 67.1 Å². The summed E-state index contributed by atoms with van der Waals surface area (Å²) in [7, 11) is 0. The summed E-state index contributed by atoms with van der Waals surface area (Å²) in [6.45, 7) is 0. The van der Waals surface area contributed by atoms with E-state index in [1.807, 2.05) is 42.5 Å². The number of hydrogen-bond donors (Lipinski definition) is 2. The van der Waals surface area contributed by atoms with Crippen molar-refractivity contribution < 1.29 is 4.79 Å². The summed E-state index contributed by atoms with van der Waals surface area (Å²) in [4.78, 5) is 19.2. The highest BCUT2D eigenvalue weighted by Crippen LogP contribution is 2.11. The van der Waals surface area contributed by atoms with Crippen molar-refractivity contribution in [1.82, 2.24) is 9.97 Å². The maximum atomic E-state index is 12.3. The predicted octanol–water partition coefficient (Wildman–Crippen LogP) is 3.26. The molecule has 0 unspecified atom stereocenters. The Balaban J connectivity index is 1.56. The molecule has 0 saturated carbocycles. The number of benzene rings is 2. The van der Waals surface area contributed by atoms with E-state index in [2.05, 4.69) is 34.3 Å². The van der Waals surface area contributed by atoms with E-state index in [0.29, 0.717) is 12.8 Å². The lowest BCUT2D eigenvalue weighted by Crippen LogP contribution is -2.34. The van der Waals surface area contributed by atoms with Crippen molar-refractivity contribution in [3.63, 3.8) is 0 Å². The summed E-state index contributed by atoms with van der Waals surface area (Å²) in [6, 6.07) is 17.6. The van der Waals surface area contributed by atoms with Crippen LogP contribution in [0, 0.1) is 0 Å². The quantitative estimate of drug-likeness (QED) is 0.653. The van der Waals surface area contributed by atoms with Gasteiger partial charge in [0.25, 0.3) is 0 Å². The number of hydrogen-bond acceptors (Lipinski definition) is 3. The van der Waals surface area contributed by atoms with Crippen LogP contribution in [-0.4, -0.2) is 21.8 Å². The van der Waals surface area contributed by atoms with Crippen molar-refractivity contribution in [3.8, 4) is 0 Å².